The molecule has 3 heteroatoms. The maximum atomic E-state index is 11.6. The van der Waals surface area contributed by atoms with E-state index in [-0.39, 0.29) is 5.41 Å². The van der Waals surface area contributed by atoms with Crippen molar-refractivity contribution in [1.82, 2.24) is 0 Å². The number of carbonyl (C=O) groups excluding carboxylic acids is 1. The van der Waals surface area contributed by atoms with E-state index >= 15 is 0 Å². The highest BCUT2D eigenvalue weighted by molar-refractivity contribution is 5.62. The van der Waals surface area contributed by atoms with Crippen LogP contribution in [0.3, 0.4) is 0 Å². The summed E-state index contributed by atoms with van der Waals surface area (Å²) in [5, 5.41) is 0. The molecule has 1 aliphatic rings. The van der Waals surface area contributed by atoms with Crippen molar-refractivity contribution in [2.45, 2.75) is 32.6 Å². The number of benzene rings is 1. The molecule has 20 heavy (non-hydrogen) atoms. The highest BCUT2D eigenvalue weighted by Crippen LogP contribution is 2.38. The molecule has 0 spiro atoms. The number of nitrogens with zero attached hydrogens (tertiary/aromatic N) is 1. The van der Waals surface area contributed by atoms with E-state index in [0.29, 0.717) is 0 Å². The minimum Gasteiger partial charge on any atom is -0.497 e. The predicted molar refractivity (Wildman–Crippen MR) is 82.4 cm³/mol. The summed E-state index contributed by atoms with van der Waals surface area (Å²) in [5.74, 6) is 1.62. The van der Waals surface area contributed by atoms with Crippen molar-refractivity contribution in [3.63, 3.8) is 0 Å². The number of carbonyl (C=O) groups is 1. The minimum absolute atomic E-state index is 0.165. The molecule has 2 rings (SSSR count). The molecule has 0 amide bonds. The second kappa shape index (κ2) is 6.29. The van der Waals surface area contributed by atoms with Crippen LogP contribution in [0, 0.1) is 11.3 Å². The minimum atomic E-state index is -0.165. The topological polar surface area (TPSA) is 29.5 Å². The van der Waals surface area contributed by atoms with Gasteiger partial charge < -0.3 is 14.4 Å². The van der Waals surface area contributed by atoms with Gasteiger partial charge in [0, 0.05) is 24.7 Å². The van der Waals surface area contributed by atoms with Crippen LogP contribution in [-0.2, 0) is 4.79 Å². The molecule has 0 saturated heterocycles. The Labute approximate surface area is 121 Å². The average Bonchev–Trinajstić information content (AvgIpc) is 2.50. The SMILES string of the molecule is COc1ccc(N(C)CC2(C=O)CCC(C)CC2)cc1. The molecule has 1 aromatic carbocycles. The van der Waals surface area contributed by atoms with Crippen molar-refractivity contribution in [3.8, 4) is 5.75 Å². The monoisotopic (exact) mass is 275 g/mol. The fraction of sp³-hybridized carbons (Fsp3) is 0.588. The van der Waals surface area contributed by atoms with Crippen LogP contribution in [0.2, 0.25) is 0 Å². The summed E-state index contributed by atoms with van der Waals surface area (Å²) >= 11 is 0. The molecule has 0 aromatic heterocycles. The zero-order chi connectivity index (χ0) is 14.6. The molecule has 0 heterocycles. The number of ether oxygens (including phenoxy) is 1. The Morgan fingerprint density at radius 1 is 1.30 bits per heavy atom. The van der Waals surface area contributed by atoms with Crippen molar-refractivity contribution in [1.29, 1.82) is 0 Å². The molecule has 0 radical (unpaired) electrons. The van der Waals surface area contributed by atoms with E-state index in [2.05, 4.69) is 18.9 Å². The van der Waals surface area contributed by atoms with Gasteiger partial charge in [0.05, 0.1) is 7.11 Å². The van der Waals surface area contributed by atoms with Gasteiger partial charge in [-0.3, -0.25) is 0 Å². The number of hydrogen-bond acceptors (Lipinski definition) is 3. The lowest BCUT2D eigenvalue weighted by molar-refractivity contribution is -0.117. The molecule has 110 valence electrons. The van der Waals surface area contributed by atoms with E-state index < -0.39 is 0 Å². The van der Waals surface area contributed by atoms with Gasteiger partial charge in [-0.2, -0.15) is 0 Å². The Kier molecular flexibility index (Phi) is 4.69. The number of aldehydes is 1. The third-order valence-corrected chi connectivity index (χ3v) is 4.59. The summed E-state index contributed by atoms with van der Waals surface area (Å²) in [7, 11) is 3.73. The summed E-state index contributed by atoms with van der Waals surface area (Å²) in [6.45, 7) is 3.08. The molecule has 0 bridgehead atoms. The average molecular weight is 275 g/mol. The Bertz CT molecular complexity index is 433. The van der Waals surface area contributed by atoms with Gasteiger partial charge >= 0.3 is 0 Å². The van der Waals surface area contributed by atoms with Crippen LogP contribution in [0.4, 0.5) is 5.69 Å². The fourth-order valence-electron chi connectivity index (χ4n) is 3.05. The third kappa shape index (κ3) is 3.33. The number of anilines is 1. The normalized spacial score (nSPS) is 26.1. The van der Waals surface area contributed by atoms with Crippen LogP contribution < -0.4 is 9.64 Å². The Balaban J connectivity index is 2.04. The smallest absolute Gasteiger partial charge is 0.127 e. The molecule has 0 aliphatic heterocycles. The van der Waals surface area contributed by atoms with Gasteiger partial charge in [0.2, 0.25) is 0 Å². The molecular formula is C17H25NO2. The van der Waals surface area contributed by atoms with Crippen molar-refractivity contribution in [2.75, 3.05) is 25.6 Å². The van der Waals surface area contributed by atoms with Crippen molar-refractivity contribution in [2.24, 2.45) is 11.3 Å². The predicted octanol–water partition coefficient (Wildman–Crippen LogP) is 3.53. The molecule has 1 aliphatic carbocycles. The second-order valence-corrected chi connectivity index (χ2v) is 6.22. The van der Waals surface area contributed by atoms with Crippen LogP contribution in [0.1, 0.15) is 32.6 Å². The van der Waals surface area contributed by atoms with Gasteiger partial charge in [0.15, 0.2) is 0 Å². The third-order valence-electron chi connectivity index (χ3n) is 4.59. The highest BCUT2D eigenvalue weighted by atomic mass is 16.5. The molecule has 1 saturated carbocycles. The molecule has 0 N–H and O–H groups in total. The summed E-state index contributed by atoms with van der Waals surface area (Å²) in [6, 6.07) is 8.01. The van der Waals surface area contributed by atoms with Crippen molar-refractivity contribution >= 4 is 12.0 Å². The maximum Gasteiger partial charge on any atom is 0.127 e. The molecule has 3 nitrogen and oxygen atoms in total. The van der Waals surface area contributed by atoms with Gasteiger partial charge in [0.25, 0.3) is 0 Å². The number of rotatable bonds is 5. The first-order chi connectivity index (χ1) is 9.58. The van der Waals surface area contributed by atoms with Crippen LogP contribution in [0.5, 0.6) is 5.75 Å². The zero-order valence-corrected chi connectivity index (χ0v) is 12.8. The van der Waals surface area contributed by atoms with E-state index in [4.69, 9.17) is 4.74 Å². The largest absolute Gasteiger partial charge is 0.497 e. The maximum absolute atomic E-state index is 11.6. The highest BCUT2D eigenvalue weighted by Gasteiger charge is 2.35. The van der Waals surface area contributed by atoms with Crippen LogP contribution in [0.15, 0.2) is 24.3 Å². The molecular weight excluding hydrogens is 250 g/mol. The first-order valence-corrected chi connectivity index (χ1v) is 7.40. The van der Waals surface area contributed by atoms with Crippen LogP contribution in [0.25, 0.3) is 0 Å². The van der Waals surface area contributed by atoms with Gasteiger partial charge in [-0.15, -0.1) is 0 Å². The van der Waals surface area contributed by atoms with Crippen molar-refractivity contribution in [3.05, 3.63) is 24.3 Å². The summed E-state index contributed by atoms with van der Waals surface area (Å²) in [5.41, 5.74) is 0.965. The van der Waals surface area contributed by atoms with Crippen LogP contribution in [-0.4, -0.2) is 27.0 Å². The second-order valence-electron chi connectivity index (χ2n) is 6.22. The number of methoxy groups -OCH3 is 1. The fourth-order valence-corrected chi connectivity index (χ4v) is 3.05. The lowest BCUT2D eigenvalue weighted by atomic mass is 9.71. The van der Waals surface area contributed by atoms with Gasteiger partial charge in [-0.25, -0.2) is 0 Å². The van der Waals surface area contributed by atoms with Gasteiger partial charge in [0.1, 0.15) is 12.0 Å². The first kappa shape index (κ1) is 14.9. The Morgan fingerprint density at radius 3 is 2.40 bits per heavy atom. The van der Waals surface area contributed by atoms with Crippen molar-refractivity contribution < 1.29 is 9.53 Å². The molecule has 1 aromatic rings. The number of hydrogen-bond donors (Lipinski definition) is 0. The Hall–Kier alpha value is -1.51. The van der Waals surface area contributed by atoms with Gasteiger partial charge in [-0.05, 0) is 55.9 Å². The van der Waals surface area contributed by atoms with E-state index in [9.17, 15) is 4.79 Å². The Morgan fingerprint density at radius 2 is 1.90 bits per heavy atom. The van der Waals surface area contributed by atoms with E-state index in [1.54, 1.807) is 7.11 Å². The lowest BCUT2D eigenvalue weighted by Gasteiger charge is -2.38. The standard InChI is InChI=1S/C17H25NO2/c1-14-8-10-17(13-19,11-9-14)12-18(2)15-4-6-16(20-3)7-5-15/h4-7,13-14H,8-12H2,1-3H3. The van der Waals surface area contributed by atoms with Crippen LogP contribution >= 0.6 is 0 Å². The molecule has 0 atom stereocenters. The summed E-state index contributed by atoms with van der Waals surface area (Å²) in [4.78, 5) is 13.8. The molecule has 0 unspecified atom stereocenters. The van der Waals surface area contributed by atoms with E-state index in [0.717, 1.165) is 49.6 Å². The van der Waals surface area contributed by atoms with Gasteiger partial charge in [-0.1, -0.05) is 6.92 Å². The quantitative estimate of drug-likeness (QED) is 0.770. The molecule has 1 fully saturated rings. The summed E-state index contributed by atoms with van der Waals surface area (Å²) in [6.07, 6.45) is 5.54. The zero-order valence-electron chi connectivity index (χ0n) is 12.8. The summed E-state index contributed by atoms with van der Waals surface area (Å²) < 4.78 is 5.18. The lowest BCUT2D eigenvalue weighted by Crippen LogP contribution is -2.39. The first-order valence-electron chi connectivity index (χ1n) is 7.40. The van der Waals surface area contributed by atoms with E-state index in [1.807, 2.05) is 24.3 Å². The van der Waals surface area contributed by atoms with E-state index in [1.165, 1.54) is 6.29 Å².